The molecule has 2 atom stereocenters. The maximum atomic E-state index is 9.41. The summed E-state index contributed by atoms with van der Waals surface area (Å²) in [6, 6.07) is 5.68. The average molecular weight is 221 g/mol. The van der Waals surface area contributed by atoms with Gasteiger partial charge in [-0.2, -0.15) is 0 Å². The molecule has 1 fully saturated rings. The van der Waals surface area contributed by atoms with Crippen LogP contribution in [-0.2, 0) is 6.42 Å². The smallest absolute Gasteiger partial charge is 0.157 e. The van der Waals surface area contributed by atoms with Gasteiger partial charge in [-0.15, -0.1) is 0 Å². The number of hydrogen-bond donors (Lipinski definition) is 3. The van der Waals surface area contributed by atoms with E-state index in [1.165, 1.54) is 12.8 Å². The summed E-state index contributed by atoms with van der Waals surface area (Å²) in [7, 11) is 0. The van der Waals surface area contributed by atoms with Gasteiger partial charge in [0.15, 0.2) is 11.5 Å². The molecule has 0 aliphatic carbocycles. The predicted molar refractivity (Wildman–Crippen MR) is 63.7 cm³/mol. The van der Waals surface area contributed by atoms with Crippen molar-refractivity contribution in [1.29, 1.82) is 0 Å². The van der Waals surface area contributed by atoms with E-state index >= 15 is 0 Å². The van der Waals surface area contributed by atoms with Crippen LogP contribution in [-0.4, -0.2) is 22.8 Å². The summed E-state index contributed by atoms with van der Waals surface area (Å²) in [5.41, 5.74) is 1.08. The molecule has 16 heavy (non-hydrogen) atoms. The molecule has 0 amide bonds. The largest absolute Gasteiger partial charge is 0.504 e. The van der Waals surface area contributed by atoms with Crippen LogP contribution in [0.5, 0.6) is 11.5 Å². The van der Waals surface area contributed by atoms with Gasteiger partial charge in [0, 0.05) is 6.04 Å². The first-order valence-electron chi connectivity index (χ1n) is 5.91. The van der Waals surface area contributed by atoms with Crippen LogP contribution in [0.3, 0.4) is 0 Å². The third-order valence-corrected chi connectivity index (χ3v) is 3.38. The highest BCUT2D eigenvalue weighted by molar-refractivity contribution is 5.40. The Labute approximate surface area is 96.1 Å². The van der Waals surface area contributed by atoms with E-state index in [-0.39, 0.29) is 11.5 Å². The predicted octanol–water partition coefficient (Wildman–Crippen LogP) is 2.03. The van der Waals surface area contributed by atoms with Gasteiger partial charge in [-0.3, -0.25) is 0 Å². The van der Waals surface area contributed by atoms with Gasteiger partial charge in [-0.05, 0) is 49.4 Å². The second-order valence-corrected chi connectivity index (χ2v) is 4.71. The van der Waals surface area contributed by atoms with Gasteiger partial charge in [-0.25, -0.2) is 0 Å². The Morgan fingerprint density at radius 3 is 2.81 bits per heavy atom. The Morgan fingerprint density at radius 1 is 1.38 bits per heavy atom. The molecule has 1 heterocycles. The van der Waals surface area contributed by atoms with E-state index in [9.17, 15) is 10.2 Å². The molecule has 0 bridgehead atoms. The first kappa shape index (κ1) is 11.3. The van der Waals surface area contributed by atoms with Crippen LogP contribution in [0.25, 0.3) is 0 Å². The summed E-state index contributed by atoms with van der Waals surface area (Å²) in [4.78, 5) is 0. The number of phenolic OH excluding ortho intramolecular Hbond substituents is 2. The fourth-order valence-corrected chi connectivity index (χ4v) is 2.41. The van der Waals surface area contributed by atoms with E-state index in [0.29, 0.717) is 12.0 Å². The van der Waals surface area contributed by atoms with Crippen molar-refractivity contribution < 1.29 is 10.2 Å². The Balaban J connectivity index is 1.99. The summed E-state index contributed by atoms with van der Waals surface area (Å²) in [6.45, 7) is 3.35. The molecule has 3 N–H and O–H groups in total. The van der Waals surface area contributed by atoms with Gasteiger partial charge in [0.1, 0.15) is 0 Å². The maximum absolute atomic E-state index is 9.41. The zero-order valence-corrected chi connectivity index (χ0v) is 9.61. The Hall–Kier alpha value is -1.22. The average Bonchev–Trinajstić information content (AvgIpc) is 2.77. The number of hydrogen-bond acceptors (Lipinski definition) is 3. The van der Waals surface area contributed by atoms with Crippen molar-refractivity contribution in [3.8, 4) is 11.5 Å². The molecule has 1 aliphatic rings. The van der Waals surface area contributed by atoms with E-state index in [4.69, 9.17) is 0 Å². The molecule has 0 saturated carbocycles. The van der Waals surface area contributed by atoms with Crippen molar-refractivity contribution >= 4 is 0 Å². The molecular formula is C13H19NO2. The van der Waals surface area contributed by atoms with Crippen molar-refractivity contribution in [2.45, 2.75) is 32.2 Å². The van der Waals surface area contributed by atoms with Crippen LogP contribution in [0.4, 0.5) is 0 Å². The molecule has 1 saturated heterocycles. The van der Waals surface area contributed by atoms with Crippen LogP contribution in [0.2, 0.25) is 0 Å². The molecule has 0 radical (unpaired) electrons. The van der Waals surface area contributed by atoms with Gasteiger partial charge in [0.2, 0.25) is 0 Å². The van der Waals surface area contributed by atoms with Crippen LogP contribution >= 0.6 is 0 Å². The summed E-state index contributed by atoms with van der Waals surface area (Å²) in [5, 5.41) is 22.1. The van der Waals surface area contributed by atoms with Crippen molar-refractivity contribution in [3.05, 3.63) is 23.8 Å². The lowest BCUT2D eigenvalue weighted by Crippen LogP contribution is -2.29. The zero-order chi connectivity index (χ0) is 11.5. The minimum absolute atomic E-state index is 0.0240. The van der Waals surface area contributed by atoms with E-state index < -0.39 is 0 Å². The van der Waals surface area contributed by atoms with Crippen molar-refractivity contribution in [2.24, 2.45) is 5.92 Å². The molecule has 3 nitrogen and oxygen atoms in total. The van der Waals surface area contributed by atoms with Gasteiger partial charge in [-0.1, -0.05) is 13.0 Å². The SMILES string of the molecule is CC(Cc1ccc(O)c(O)c1)C1CCCN1. The highest BCUT2D eigenvalue weighted by Gasteiger charge is 2.21. The van der Waals surface area contributed by atoms with Crippen molar-refractivity contribution in [3.63, 3.8) is 0 Å². The Bertz CT molecular complexity index is 359. The molecule has 88 valence electrons. The summed E-state index contributed by atoms with van der Waals surface area (Å²) in [5.74, 6) is 0.492. The van der Waals surface area contributed by atoms with Crippen LogP contribution < -0.4 is 5.32 Å². The molecule has 0 aromatic heterocycles. The maximum Gasteiger partial charge on any atom is 0.157 e. The zero-order valence-electron chi connectivity index (χ0n) is 9.61. The molecular weight excluding hydrogens is 202 g/mol. The normalized spacial score (nSPS) is 22.2. The highest BCUT2D eigenvalue weighted by atomic mass is 16.3. The molecule has 2 rings (SSSR count). The number of phenols is 2. The molecule has 0 spiro atoms. The fraction of sp³-hybridized carbons (Fsp3) is 0.538. The summed E-state index contributed by atoms with van der Waals surface area (Å²) >= 11 is 0. The number of aromatic hydroxyl groups is 2. The quantitative estimate of drug-likeness (QED) is 0.684. The third-order valence-electron chi connectivity index (χ3n) is 3.38. The molecule has 1 aliphatic heterocycles. The molecule has 1 aromatic carbocycles. The van der Waals surface area contributed by atoms with E-state index in [2.05, 4.69) is 12.2 Å². The van der Waals surface area contributed by atoms with Gasteiger partial charge in [0.25, 0.3) is 0 Å². The lowest BCUT2D eigenvalue weighted by atomic mass is 9.93. The van der Waals surface area contributed by atoms with E-state index in [0.717, 1.165) is 18.5 Å². The summed E-state index contributed by atoms with van der Waals surface area (Å²) < 4.78 is 0. The van der Waals surface area contributed by atoms with E-state index in [1.54, 1.807) is 12.1 Å². The lowest BCUT2D eigenvalue weighted by Gasteiger charge is -2.19. The van der Waals surface area contributed by atoms with E-state index in [1.807, 2.05) is 6.07 Å². The van der Waals surface area contributed by atoms with Crippen LogP contribution in [0.1, 0.15) is 25.3 Å². The monoisotopic (exact) mass is 221 g/mol. The van der Waals surface area contributed by atoms with Crippen LogP contribution in [0.15, 0.2) is 18.2 Å². The number of nitrogens with one attached hydrogen (secondary N) is 1. The first-order chi connectivity index (χ1) is 7.66. The van der Waals surface area contributed by atoms with Gasteiger partial charge < -0.3 is 15.5 Å². The van der Waals surface area contributed by atoms with Crippen molar-refractivity contribution in [1.82, 2.24) is 5.32 Å². The standard InChI is InChI=1S/C13H19NO2/c1-9(11-3-2-6-14-11)7-10-4-5-12(15)13(16)8-10/h4-5,8-9,11,14-16H,2-3,6-7H2,1H3. The molecule has 3 heteroatoms. The Morgan fingerprint density at radius 2 is 2.19 bits per heavy atom. The fourth-order valence-electron chi connectivity index (χ4n) is 2.41. The minimum atomic E-state index is -0.0459. The third kappa shape index (κ3) is 2.47. The van der Waals surface area contributed by atoms with Crippen molar-refractivity contribution in [2.75, 3.05) is 6.54 Å². The first-order valence-corrected chi connectivity index (χ1v) is 5.91. The van der Waals surface area contributed by atoms with Crippen LogP contribution in [0, 0.1) is 5.92 Å². The van der Waals surface area contributed by atoms with Gasteiger partial charge >= 0.3 is 0 Å². The topological polar surface area (TPSA) is 52.5 Å². The lowest BCUT2D eigenvalue weighted by molar-refractivity contribution is 0.398. The van der Waals surface area contributed by atoms with Gasteiger partial charge in [0.05, 0.1) is 0 Å². The number of rotatable bonds is 3. The molecule has 1 aromatic rings. The summed E-state index contributed by atoms with van der Waals surface area (Å²) in [6.07, 6.45) is 3.44. The molecule has 2 unspecified atom stereocenters. The highest BCUT2D eigenvalue weighted by Crippen LogP contribution is 2.27. The second-order valence-electron chi connectivity index (χ2n) is 4.71. The minimum Gasteiger partial charge on any atom is -0.504 e. The number of benzene rings is 1. The Kier molecular flexibility index (Phi) is 3.34. The second kappa shape index (κ2) is 4.74.